The fourth-order valence-corrected chi connectivity index (χ4v) is 1.01. The molecule has 0 aromatic carbocycles. The van der Waals surface area contributed by atoms with Crippen LogP contribution in [0.2, 0.25) is 0 Å². The highest BCUT2D eigenvalue weighted by atomic mass is 19.4. The van der Waals surface area contributed by atoms with Gasteiger partial charge >= 0.3 is 12.1 Å². The Morgan fingerprint density at radius 3 is 2.14 bits per heavy atom. The standard InChI is InChI=1S/C8H14F3NO2/c1-3-5-7(12,8(9,10)11)6(13)14-4-2/h3-5,12H2,1-2H3. The van der Waals surface area contributed by atoms with Crippen LogP contribution in [0.15, 0.2) is 0 Å². The first-order valence-corrected chi connectivity index (χ1v) is 4.32. The van der Waals surface area contributed by atoms with E-state index in [9.17, 15) is 18.0 Å². The molecular formula is C8H14F3NO2. The molecule has 0 heterocycles. The predicted octanol–water partition coefficient (Wildman–Crippen LogP) is 1.61. The lowest BCUT2D eigenvalue weighted by molar-refractivity contribution is -0.206. The van der Waals surface area contributed by atoms with Crippen molar-refractivity contribution in [1.29, 1.82) is 0 Å². The van der Waals surface area contributed by atoms with Crippen molar-refractivity contribution in [2.75, 3.05) is 6.61 Å². The van der Waals surface area contributed by atoms with E-state index in [1.54, 1.807) is 0 Å². The van der Waals surface area contributed by atoms with Crippen molar-refractivity contribution in [3.05, 3.63) is 0 Å². The third kappa shape index (κ3) is 2.60. The summed E-state index contributed by atoms with van der Waals surface area (Å²) >= 11 is 0. The number of carbonyl (C=O) groups excluding carboxylic acids is 1. The lowest BCUT2D eigenvalue weighted by Crippen LogP contribution is -2.60. The van der Waals surface area contributed by atoms with Gasteiger partial charge in [0.15, 0.2) is 0 Å². The first kappa shape index (κ1) is 13.2. The zero-order valence-electron chi connectivity index (χ0n) is 8.15. The number of alkyl halides is 3. The fraction of sp³-hybridized carbons (Fsp3) is 0.875. The minimum Gasteiger partial charge on any atom is -0.464 e. The molecule has 0 radical (unpaired) electrons. The van der Waals surface area contributed by atoms with Crippen LogP contribution in [-0.4, -0.2) is 24.3 Å². The molecule has 0 aromatic heterocycles. The van der Waals surface area contributed by atoms with E-state index in [1.165, 1.54) is 13.8 Å². The quantitative estimate of drug-likeness (QED) is 0.722. The molecule has 3 nitrogen and oxygen atoms in total. The molecule has 0 saturated heterocycles. The molecule has 0 aliphatic carbocycles. The van der Waals surface area contributed by atoms with E-state index in [4.69, 9.17) is 5.73 Å². The summed E-state index contributed by atoms with van der Waals surface area (Å²) in [4.78, 5) is 11.0. The maximum atomic E-state index is 12.4. The second-order valence-electron chi connectivity index (χ2n) is 2.94. The maximum absolute atomic E-state index is 12.4. The Kier molecular flexibility index (Phi) is 4.38. The average molecular weight is 213 g/mol. The van der Waals surface area contributed by atoms with E-state index >= 15 is 0 Å². The summed E-state index contributed by atoms with van der Waals surface area (Å²) in [5.74, 6) is -1.41. The van der Waals surface area contributed by atoms with Gasteiger partial charge in [-0.15, -0.1) is 0 Å². The predicted molar refractivity (Wildman–Crippen MR) is 44.5 cm³/mol. The van der Waals surface area contributed by atoms with Crippen LogP contribution in [0, 0.1) is 0 Å². The Balaban J connectivity index is 4.80. The summed E-state index contributed by atoms with van der Waals surface area (Å²) in [5, 5.41) is 0. The highest BCUT2D eigenvalue weighted by Crippen LogP contribution is 2.32. The largest absolute Gasteiger partial charge is 0.464 e. The summed E-state index contributed by atoms with van der Waals surface area (Å²) in [6, 6.07) is 0. The summed E-state index contributed by atoms with van der Waals surface area (Å²) in [6.07, 6.45) is -5.07. The van der Waals surface area contributed by atoms with Crippen LogP contribution in [0.3, 0.4) is 0 Å². The number of rotatable bonds is 4. The lowest BCUT2D eigenvalue weighted by Gasteiger charge is -2.28. The Bertz CT molecular complexity index is 205. The van der Waals surface area contributed by atoms with Crippen molar-refractivity contribution in [3.8, 4) is 0 Å². The van der Waals surface area contributed by atoms with Gasteiger partial charge in [-0.05, 0) is 13.3 Å². The minimum atomic E-state index is -4.77. The molecule has 0 rings (SSSR count). The van der Waals surface area contributed by atoms with Gasteiger partial charge < -0.3 is 10.5 Å². The van der Waals surface area contributed by atoms with Gasteiger partial charge in [-0.2, -0.15) is 13.2 Å². The van der Waals surface area contributed by atoms with Gasteiger partial charge in [-0.25, -0.2) is 4.79 Å². The number of esters is 1. The molecule has 2 N–H and O–H groups in total. The molecule has 84 valence electrons. The molecule has 0 spiro atoms. The van der Waals surface area contributed by atoms with Gasteiger partial charge in [-0.3, -0.25) is 0 Å². The molecule has 6 heteroatoms. The van der Waals surface area contributed by atoms with Gasteiger partial charge in [0.1, 0.15) is 0 Å². The number of carbonyl (C=O) groups is 1. The van der Waals surface area contributed by atoms with Crippen LogP contribution >= 0.6 is 0 Å². The topological polar surface area (TPSA) is 52.3 Å². The zero-order chi connectivity index (χ0) is 11.4. The summed E-state index contributed by atoms with van der Waals surface area (Å²) in [6.45, 7) is 2.84. The van der Waals surface area contributed by atoms with Gasteiger partial charge in [0.2, 0.25) is 5.54 Å². The van der Waals surface area contributed by atoms with Crippen molar-refractivity contribution >= 4 is 5.97 Å². The molecule has 1 atom stereocenters. The van der Waals surface area contributed by atoms with Gasteiger partial charge in [0.25, 0.3) is 0 Å². The van der Waals surface area contributed by atoms with Crippen molar-refractivity contribution in [2.45, 2.75) is 38.4 Å². The number of nitrogens with two attached hydrogens (primary N) is 1. The smallest absolute Gasteiger partial charge is 0.417 e. The van der Waals surface area contributed by atoms with Gasteiger partial charge in [0, 0.05) is 0 Å². The first-order chi connectivity index (χ1) is 6.29. The Morgan fingerprint density at radius 2 is 1.86 bits per heavy atom. The lowest BCUT2D eigenvalue weighted by atomic mass is 9.94. The molecule has 0 aromatic rings. The Hall–Kier alpha value is -0.780. The van der Waals surface area contributed by atoms with Crippen molar-refractivity contribution in [3.63, 3.8) is 0 Å². The van der Waals surface area contributed by atoms with Gasteiger partial charge in [0.05, 0.1) is 6.61 Å². The van der Waals surface area contributed by atoms with Crippen molar-refractivity contribution in [1.82, 2.24) is 0 Å². The molecular weight excluding hydrogens is 199 g/mol. The SMILES string of the molecule is CCCC(N)(C(=O)OCC)C(F)(F)F. The maximum Gasteiger partial charge on any atom is 0.417 e. The molecule has 0 amide bonds. The monoisotopic (exact) mass is 213 g/mol. The van der Waals surface area contributed by atoms with Crippen LogP contribution in [0.5, 0.6) is 0 Å². The van der Waals surface area contributed by atoms with E-state index < -0.39 is 24.1 Å². The fourth-order valence-electron chi connectivity index (χ4n) is 1.01. The molecule has 0 bridgehead atoms. The highest BCUT2D eigenvalue weighted by molar-refractivity contribution is 5.81. The molecule has 0 saturated carbocycles. The molecule has 0 aliphatic rings. The van der Waals surface area contributed by atoms with Gasteiger partial charge in [-0.1, -0.05) is 13.3 Å². The van der Waals surface area contributed by atoms with E-state index in [0.29, 0.717) is 0 Å². The van der Waals surface area contributed by atoms with E-state index in [1.807, 2.05) is 0 Å². The van der Waals surface area contributed by atoms with Crippen LogP contribution in [0.25, 0.3) is 0 Å². The second-order valence-corrected chi connectivity index (χ2v) is 2.94. The summed E-state index contributed by atoms with van der Waals surface area (Å²) < 4.78 is 41.6. The minimum absolute atomic E-state index is 0.114. The van der Waals surface area contributed by atoms with E-state index in [2.05, 4.69) is 4.74 Å². The third-order valence-corrected chi connectivity index (χ3v) is 1.79. The molecule has 1 unspecified atom stereocenters. The average Bonchev–Trinajstić information content (AvgIpc) is 2.03. The Labute approximate surface area is 80.4 Å². The number of hydrogen-bond donors (Lipinski definition) is 1. The van der Waals surface area contributed by atoms with E-state index in [-0.39, 0.29) is 13.0 Å². The number of ether oxygens (including phenoxy) is 1. The zero-order valence-corrected chi connectivity index (χ0v) is 8.15. The third-order valence-electron chi connectivity index (χ3n) is 1.79. The first-order valence-electron chi connectivity index (χ1n) is 4.32. The summed E-state index contributed by atoms with van der Waals surface area (Å²) in [5.41, 5.74) is 2.15. The van der Waals surface area contributed by atoms with Crippen LogP contribution in [0.1, 0.15) is 26.7 Å². The van der Waals surface area contributed by atoms with Crippen LogP contribution < -0.4 is 5.73 Å². The van der Waals surface area contributed by atoms with E-state index in [0.717, 1.165) is 0 Å². The number of hydrogen-bond acceptors (Lipinski definition) is 3. The van der Waals surface area contributed by atoms with Crippen LogP contribution in [-0.2, 0) is 9.53 Å². The van der Waals surface area contributed by atoms with Crippen molar-refractivity contribution in [2.24, 2.45) is 5.73 Å². The second kappa shape index (κ2) is 4.63. The normalized spacial score (nSPS) is 16.1. The molecule has 0 fully saturated rings. The molecule has 14 heavy (non-hydrogen) atoms. The van der Waals surface area contributed by atoms with Crippen molar-refractivity contribution < 1.29 is 22.7 Å². The molecule has 0 aliphatic heterocycles. The number of halogens is 3. The highest BCUT2D eigenvalue weighted by Gasteiger charge is 2.58. The summed E-state index contributed by atoms with van der Waals surface area (Å²) in [7, 11) is 0. The van der Waals surface area contributed by atoms with Crippen LogP contribution in [0.4, 0.5) is 13.2 Å². The Morgan fingerprint density at radius 1 is 1.36 bits per heavy atom.